The fourth-order valence-electron chi connectivity index (χ4n) is 2.46. The molecule has 2 heterocycles. The summed E-state index contributed by atoms with van der Waals surface area (Å²) in [4.78, 5) is 13.5. The van der Waals surface area contributed by atoms with E-state index < -0.39 is 0 Å². The summed E-state index contributed by atoms with van der Waals surface area (Å²) in [6.45, 7) is 2.73. The van der Waals surface area contributed by atoms with Gasteiger partial charge in [0.2, 0.25) is 5.82 Å². The number of anilines is 2. The molecule has 3 rings (SSSR count). The van der Waals surface area contributed by atoms with Gasteiger partial charge in [0, 0.05) is 18.4 Å². The number of carbonyl (C=O) groups excluding carboxylic acids is 1. The Labute approximate surface area is 137 Å². The van der Waals surface area contributed by atoms with E-state index in [0.29, 0.717) is 13.2 Å². The molecule has 2 N–H and O–H groups in total. The summed E-state index contributed by atoms with van der Waals surface area (Å²) in [6.07, 6.45) is 1.94. The Kier molecular flexibility index (Phi) is 4.38. The molecule has 0 radical (unpaired) electrons. The van der Waals surface area contributed by atoms with Crippen molar-refractivity contribution < 1.29 is 9.53 Å². The van der Waals surface area contributed by atoms with Crippen molar-refractivity contribution in [3.63, 3.8) is 0 Å². The average Bonchev–Trinajstić information content (AvgIpc) is 3.25. The maximum Gasteiger partial charge on any atom is 0.414 e. The van der Waals surface area contributed by atoms with Gasteiger partial charge in [-0.25, -0.2) is 4.79 Å². The molecular formula is C15H15N7O2. The summed E-state index contributed by atoms with van der Waals surface area (Å²) in [6, 6.07) is 7.64. The van der Waals surface area contributed by atoms with Crippen molar-refractivity contribution in [3.8, 4) is 6.07 Å². The summed E-state index contributed by atoms with van der Waals surface area (Å²) < 4.78 is 5.05. The number of H-pyrrole nitrogens is 1. The first kappa shape index (κ1) is 15.5. The predicted octanol–water partition coefficient (Wildman–Crippen LogP) is 1.70. The van der Waals surface area contributed by atoms with E-state index in [1.807, 2.05) is 24.3 Å². The molecule has 1 aromatic carbocycles. The Morgan fingerprint density at radius 2 is 2.46 bits per heavy atom. The van der Waals surface area contributed by atoms with Gasteiger partial charge in [0.15, 0.2) is 0 Å². The van der Waals surface area contributed by atoms with Crippen molar-refractivity contribution in [1.29, 1.82) is 5.26 Å². The van der Waals surface area contributed by atoms with Gasteiger partial charge in [-0.3, -0.25) is 4.90 Å². The molecule has 9 heteroatoms. The number of hydrogen-bond acceptors (Lipinski definition) is 7. The number of benzene rings is 1. The lowest BCUT2D eigenvalue weighted by atomic mass is 10.1. The Hall–Kier alpha value is -3.41. The van der Waals surface area contributed by atoms with Crippen LogP contribution in [0.2, 0.25) is 0 Å². The van der Waals surface area contributed by atoms with E-state index in [0.717, 1.165) is 23.4 Å². The van der Waals surface area contributed by atoms with Gasteiger partial charge in [0.05, 0.1) is 12.3 Å². The van der Waals surface area contributed by atoms with Crippen molar-refractivity contribution in [2.75, 3.05) is 23.4 Å². The smallest absolute Gasteiger partial charge is 0.414 e. The third-order valence-electron chi connectivity index (χ3n) is 3.55. The van der Waals surface area contributed by atoms with E-state index in [1.165, 1.54) is 6.20 Å². The molecule has 1 amide bonds. The molecule has 24 heavy (non-hydrogen) atoms. The van der Waals surface area contributed by atoms with Crippen LogP contribution in [-0.2, 0) is 11.2 Å². The molecule has 0 spiro atoms. The van der Waals surface area contributed by atoms with Crippen molar-refractivity contribution in [2.45, 2.75) is 13.3 Å². The molecule has 0 fully saturated rings. The van der Waals surface area contributed by atoms with Crippen LogP contribution in [0.3, 0.4) is 0 Å². The molecule has 0 saturated heterocycles. The molecule has 1 aliphatic heterocycles. The monoisotopic (exact) mass is 325 g/mol. The zero-order chi connectivity index (χ0) is 16.9. The number of allylic oxidation sites excluding steroid dienone is 1. The van der Waals surface area contributed by atoms with Crippen LogP contribution in [0, 0.1) is 11.3 Å². The van der Waals surface area contributed by atoms with Gasteiger partial charge in [0.25, 0.3) is 0 Å². The number of hydrogen-bond donors (Lipinski definition) is 2. The van der Waals surface area contributed by atoms with Crippen LogP contribution in [0.1, 0.15) is 18.3 Å². The van der Waals surface area contributed by atoms with Gasteiger partial charge in [-0.1, -0.05) is 0 Å². The summed E-state index contributed by atoms with van der Waals surface area (Å²) in [7, 11) is 0. The van der Waals surface area contributed by atoms with Crippen LogP contribution in [0.4, 0.5) is 16.2 Å². The summed E-state index contributed by atoms with van der Waals surface area (Å²) in [5, 5.41) is 25.4. The molecule has 0 bridgehead atoms. The summed E-state index contributed by atoms with van der Waals surface area (Å²) >= 11 is 0. The van der Waals surface area contributed by atoms with Gasteiger partial charge in [-0.05, 0) is 42.3 Å². The normalized spacial score (nSPS) is 13.3. The number of rotatable bonds is 4. The molecule has 1 aromatic heterocycles. The average molecular weight is 325 g/mol. The number of nitriles is 1. The van der Waals surface area contributed by atoms with Crippen LogP contribution in [0.15, 0.2) is 24.4 Å². The van der Waals surface area contributed by atoms with Gasteiger partial charge in [-0.15, -0.1) is 10.2 Å². The molecule has 0 atom stereocenters. The lowest BCUT2D eigenvalue weighted by molar-refractivity contribution is 0.160. The molecule has 0 saturated carbocycles. The van der Waals surface area contributed by atoms with Crippen LogP contribution in [-0.4, -0.2) is 39.9 Å². The lowest BCUT2D eigenvalue weighted by Crippen LogP contribution is -2.29. The second-order valence-corrected chi connectivity index (χ2v) is 4.99. The number of amides is 1. The van der Waals surface area contributed by atoms with E-state index >= 15 is 0 Å². The number of aromatic amines is 1. The third kappa shape index (κ3) is 3.03. The van der Waals surface area contributed by atoms with E-state index in [-0.39, 0.29) is 17.5 Å². The minimum absolute atomic E-state index is 0.222. The molecule has 2 aromatic rings. The van der Waals surface area contributed by atoms with Crippen molar-refractivity contribution in [1.82, 2.24) is 20.6 Å². The maximum absolute atomic E-state index is 11.9. The van der Waals surface area contributed by atoms with Gasteiger partial charge >= 0.3 is 6.09 Å². The van der Waals surface area contributed by atoms with Crippen LogP contribution >= 0.6 is 0 Å². The highest BCUT2D eigenvalue weighted by Gasteiger charge is 2.25. The topological polar surface area (TPSA) is 120 Å². The molecule has 0 aliphatic carbocycles. The molecule has 122 valence electrons. The fourth-order valence-corrected chi connectivity index (χ4v) is 2.46. The quantitative estimate of drug-likeness (QED) is 0.821. The number of carbonyl (C=O) groups is 1. The molecule has 0 unspecified atom stereocenters. The summed E-state index contributed by atoms with van der Waals surface area (Å²) in [5.41, 5.74) is 2.95. The summed E-state index contributed by atoms with van der Waals surface area (Å²) in [5.74, 6) is 0.222. The van der Waals surface area contributed by atoms with E-state index in [4.69, 9.17) is 10.00 Å². The SMILES string of the molecule is CCOC(=O)N1CCc2cc(NC=C(C#N)c3nn[nH]n3)ccc21. The fraction of sp³-hybridized carbons (Fsp3) is 0.267. The highest BCUT2D eigenvalue weighted by Crippen LogP contribution is 2.31. The van der Waals surface area contributed by atoms with Crippen LogP contribution < -0.4 is 10.2 Å². The second kappa shape index (κ2) is 6.78. The van der Waals surface area contributed by atoms with E-state index in [1.54, 1.807) is 11.8 Å². The highest BCUT2D eigenvalue weighted by molar-refractivity contribution is 5.90. The highest BCUT2D eigenvalue weighted by atomic mass is 16.6. The zero-order valence-corrected chi connectivity index (χ0v) is 13.0. The van der Waals surface area contributed by atoms with Crippen LogP contribution in [0.5, 0.6) is 0 Å². The van der Waals surface area contributed by atoms with E-state index in [9.17, 15) is 4.79 Å². The second-order valence-electron chi connectivity index (χ2n) is 4.99. The molecule has 1 aliphatic rings. The predicted molar refractivity (Wildman–Crippen MR) is 85.9 cm³/mol. The minimum atomic E-state index is -0.333. The number of nitrogens with one attached hydrogen (secondary N) is 2. The van der Waals surface area contributed by atoms with Crippen molar-refractivity contribution >= 4 is 23.0 Å². The number of ether oxygens (including phenoxy) is 1. The largest absolute Gasteiger partial charge is 0.449 e. The first-order chi connectivity index (χ1) is 11.7. The maximum atomic E-state index is 11.9. The number of tetrazole rings is 1. The Bertz CT molecular complexity index is 808. The zero-order valence-electron chi connectivity index (χ0n) is 13.0. The molecule has 9 nitrogen and oxygen atoms in total. The first-order valence-corrected chi connectivity index (χ1v) is 7.40. The van der Waals surface area contributed by atoms with Crippen LogP contribution in [0.25, 0.3) is 5.57 Å². The van der Waals surface area contributed by atoms with Crippen molar-refractivity contribution in [3.05, 3.63) is 35.8 Å². The van der Waals surface area contributed by atoms with Crippen molar-refractivity contribution in [2.24, 2.45) is 0 Å². The standard InChI is InChI=1S/C15H15N7O2/c1-2-24-15(23)22-6-5-10-7-12(3-4-13(10)22)17-9-11(8-16)14-18-20-21-19-14/h3-4,7,9,17H,2,5-6H2,1H3,(H,18,19,20,21). The Morgan fingerprint density at radius 1 is 1.58 bits per heavy atom. The molecular weight excluding hydrogens is 310 g/mol. The third-order valence-corrected chi connectivity index (χ3v) is 3.55. The van der Waals surface area contributed by atoms with Gasteiger partial charge in [0.1, 0.15) is 11.6 Å². The Balaban J connectivity index is 1.76. The first-order valence-electron chi connectivity index (χ1n) is 7.40. The number of fused-ring (bicyclic) bond motifs is 1. The minimum Gasteiger partial charge on any atom is -0.449 e. The Morgan fingerprint density at radius 3 is 3.17 bits per heavy atom. The lowest BCUT2D eigenvalue weighted by Gasteiger charge is -2.16. The van der Waals surface area contributed by atoms with Gasteiger partial charge < -0.3 is 10.1 Å². The number of aromatic nitrogens is 4. The van der Waals surface area contributed by atoms with E-state index in [2.05, 4.69) is 25.9 Å². The number of nitrogens with zero attached hydrogens (tertiary/aromatic N) is 5. The van der Waals surface area contributed by atoms with Gasteiger partial charge in [-0.2, -0.15) is 10.5 Å².